The Labute approximate surface area is 128 Å². The zero-order valence-corrected chi connectivity index (χ0v) is 13.7. The smallest absolute Gasteiger partial charge is 0.418 e. The van der Waals surface area contributed by atoms with Gasteiger partial charge in [-0.3, -0.25) is 0 Å². The predicted molar refractivity (Wildman–Crippen MR) is 86.8 cm³/mol. The molecule has 2 aromatic carbocycles. The molecule has 0 fully saturated rings. The van der Waals surface area contributed by atoms with Crippen molar-refractivity contribution < 1.29 is 13.9 Å². The Kier molecular flexibility index (Phi) is 6.05. The normalized spacial score (nSPS) is 10.6. The summed E-state index contributed by atoms with van der Waals surface area (Å²) in [6.45, 7) is 0. The molecule has 0 spiro atoms. The molecule has 0 atom stereocenters. The largest absolute Gasteiger partial charge is 0.460 e. The second kappa shape index (κ2) is 7.79. The molecule has 0 saturated heterocycles. The highest BCUT2D eigenvalue weighted by Crippen LogP contribution is 2.37. The van der Waals surface area contributed by atoms with Gasteiger partial charge in [-0.1, -0.05) is 0 Å². The van der Waals surface area contributed by atoms with Crippen molar-refractivity contribution in [2.45, 2.75) is 9.79 Å². The van der Waals surface area contributed by atoms with E-state index in [1.54, 1.807) is 23.5 Å². The van der Waals surface area contributed by atoms with Gasteiger partial charge >= 0.3 is 8.60 Å². The third-order valence-corrected chi connectivity index (χ3v) is 4.71. The van der Waals surface area contributed by atoms with E-state index in [9.17, 15) is 4.89 Å². The van der Waals surface area contributed by atoms with Crippen LogP contribution in [0, 0.1) is 0 Å². The fourth-order valence-electron chi connectivity index (χ4n) is 1.47. The average molecular weight is 326 g/mol. The summed E-state index contributed by atoms with van der Waals surface area (Å²) in [5.41, 5.74) is 0. The van der Waals surface area contributed by atoms with Gasteiger partial charge in [-0.2, -0.15) is 0 Å². The van der Waals surface area contributed by atoms with Gasteiger partial charge in [-0.25, -0.2) is 0 Å². The minimum atomic E-state index is -1.97. The van der Waals surface area contributed by atoms with Crippen molar-refractivity contribution in [1.29, 1.82) is 0 Å². The minimum absolute atomic E-state index is 0.595. The number of rotatable bonds is 6. The lowest BCUT2D eigenvalue weighted by atomic mass is 10.3. The van der Waals surface area contributed by atoms with E-state index >= 15 is 0 Å². The Morgan fingerprint density at radius 3 is 1.40 bits per heavy atom. The molecular formula is C14H15O3PS2. The van der Waals surface area contributed by atoms with E-state index in [0.29, 0.717) is 11.5 Å². The second-order valence-electron chi connectivity index (χ2n) is 3.77. The fraction of sp³-hybridized carbons (Fsp3) is 0.143. The molecule has 0 radical (unpaired) electrons. The summed E-state index contributed by atoms with van der Waals surface area (Å²) in [5.74, 6) is 1.19. The van der Waals surface area contributed by atoms with E-state index in [0.717, 1.165) is 9.79 Å². The van der Waals surface area contributed by atoms with Crippen LogP contribution in [0.3, 0.4) is 0 Å². The minimum Gasteiger partial charge on any atom is -0.418 e. The fourth-order valence-corrected chi connectivity index (χ4v) is 2.93. The zero-order valence-electron chi connectivity index (χ0n) is 11.1. The Hall–Kier alpha value is -0.870. The lowest BCUT2D eigenvalue weighted by Gasteiger charge is -2.12. The number of hydrogen-bond donors (Lipinski definition) is 1. The first kappa shape index (κ1) is 15.5. The van der Waals surface area contributed by atoms with Crippen LogP contribution in [0.15, 0.2) is 58.3 Å². The van der Waals surface area contributed by atoms with Crippen molar-refractivity contribution in [3.8, 4) is 11.5 Å². The highest BCUT2D eigenvalue weighted by atomic mass is 32.2. The highest BCUT2D eigenvalue weighted by molar-refractivity contribution is 7.98. The molecule has 0 bridgehead atoms. The van der Waals surface area contributed by atoms with E-state index < -0.39 is 8.60 Å². The number of hydrogen-bond acceptors (Lipinski definition) is 5. The Morgan fingerprint density at radius 1 is 0.750 bits per heavy atom. The van der Waals surface area contributed by atoms with Gasteiger partial charge < -0.3 is 13.9 Å². The number of benzene rings is 2. The van der Waals surface area contributed by atoms with Crippen LogP contribution in [-0.2, 0) is 0 Å². The SMILES string of the molecule is CSc1ccc(OP(O)Oc2ccc(SC)cc2)cc1. The van der Waals surface area contributed by atoms with Gasteiger partial charge in [0, 0.05) is 9.79 Å². The van der Waals surface area contributed by atoms with E-state index in [1.807, 2.05) is 61.0 Å². The van der Waals surface area contributed by atoms with Crippen LogP contribution in [-0.4, -0.2) is 17.4 Å². The van der Waals surface area contributed by atoms with Crippen molar-refractivity contribution in [1.82, 2.24) is 0 Å². The molecule has 6 heteroatoms. The van der Waals surface area contributed by atoms with Gasteiger partial charge in [0.1, 0.15) is 11.5 Å². The van der Waals surface area contributed by atoms with Crippen LogP contribution in [0.4, 0.5) is 0 Å². The molecule has 0 aliphatic carbocycles. The number of thioether (sulfide) groups is 2. The van der Waals surface area contributed by atoms with Crippen molar-refractivity contribution >= 4 is 32.1 Å². The lowest BCUT2D eigenvalue weighted by Crippen LogP contribution is -1.94. The molecule has 0 unspecified atom stereocenters. The first-order chi connectivity index (χ1) is 9.71. The monoisotopic (exact) mass is 326 g/mol. The van der Waals surface area contributed by atoms with Crippen molar-refractivity contribution in [3.63, 3.8) is 0 Å². The van der Waals surface area contributed by atoms with Gasteiger partial charge in [0.25, 0.3) is 0 Å². The Balaban J connectivity index is 1.91. The van der Waals surface area contributed by atoms with Gasteiger partial charge in [-0.15, -0.1) is 23.5 Å². The molecule has 0 aliphatic rings. The van der Waals surface area contributed by atoms with Crippen LogP contribution in [0.1, 0.15) is 0 Å². The molecule has 0 aromatic heterocycles. The van der Waals surface area contributed by atoms with Crippen molar-refractivity contribution in [2.24, 2.45) is 0 Å². The summed E-state index contributed by atoms with van der Waals surface area (Å²) in [6.07, 6.45) is 4.02. The lowest BCUT2D eigenvalue weighted by molar-refractivity contribution is 0.381. The quantitative estimate of drug-likeness (QED) is 0.609. The molecule has 0 heterocycles. The van der Waals surface area contributed by atoms with Crippen molar-refractivity contribution in [3.05, 3.63) is 48.5 Å². The van der Waals surface area contributed by atoms with Gasteiger partial charge in [0.15, 0.2) is 0 Å². The summed E-state index contributed by atoms with van der Waals surface area (Å²) in [6, 6.07) is 15.0. The summed E-state index contributed by atoms with van der Waals surface area (Å²) in [4.78, 5) is 12.1. The molecule has 106 valence electrons. The van der Waals surface area contributed by atoms with Crippen LogP contribution in [0.25, 0.3) is 0 Å². The predicted octanol–water partition coefficient (Wildman–Crippen LogP) is 4.81. The average Bonchev–Trinajstić information content (AvgIpc) is 2.49. The summed E-state index contributed by atoms with van der Waals surface area (Å²) >= 11 is 3.31. The Bertz CT molecular complexity index is 482. The molecule has 2 rings (SSSR count). The summed E-state index contributed by atoms with van der Waals surface area (Å²) < 4.78 is 10.7. The molecule has 3 nitrogen and oxygen atoms in total. The van der Waals surface area contributed by atoms with Gasteiger partial charge in [-0.05, 0) is 61.0 Å². The summed E-state index contributed by atoms with van der Waals surface area (Å²) in [7, 11) is -1.97. The van der Waals surface area contributed by atoms with Crippen LogP contribution in [0.2, 0.25) is 0 Å². The topological polar surface area (TPSA) is 38.7 Å². The van der Waals surface area contributed by atoms with Gasteiger partial charge in [0.2, 0.25) is 0 Å². The standard InChI is InChI=1S/C14H15O3PS2/c1-19-13-7-3-11(4-8-13)16-18(15)17-12-5-9-14(20-2)10-6-12/h3-10,15H,1-2H3. The Morgan fingerprint density at radius 2 is 1.10 bits per heavy atom. The van der Waals surface area contributed by atoms with E-state index in [2.05, 4.69) is 0 Å². The molecule has 0 aliphatic heterocycles. The van der Waals surface area contributed by atoms with Crippen LogP contribution < -0.4 is 9.05 Å². The zero-order chi connectivity index (χ0) is 14.4. The van der Waals surface area contributed by atoms with Gasteiger partial charge in [0.05, 0.1) is 0 Å². The van der Waals surface area contributed by atoms with Crippen LogP contribution >= 0.6 is 32.1 Å². The van der Waals surface area contributed by atoms with E-state index in [4.69, 9.17) is 9.05 Å². The molecule has 0 saturated carbocycles. The van der Waals surface area contributed by atoms with E-state index in [1.165, 1.54) is 0 Å². The molecular weight excluding hydrogens is 311 g/mol. The highest BCUT2D eigenvalue weighted by Gasteiger charge is 2.11. The molecule has 2 aromatic rings. The van der Waals surface area contributed by atoms with E-state index in [-0.39, 0.29) is 0 Å². The molecule has 0 amide bonds. The first-order valence-electron chi connectivity index (χ1n) is 5.84. The maximum atomic E-state index is 9.82. The van der Waals surface area contributed by atoms with Crippen LogP contribution in [0.5, 0.6) is 11.5 Å². The molecule has 20 heavy (non-hydrogen) atoms. The third-order valence-electron chi connectivity index (χ3n) is 2.49. The third kappa shape index (κ3) is 4.60. The maximum absolute atomic E-state index is 9.82. The first-order valence-corrected chi connectivity index (χ1v) is 9.42. The van der Waals surface area contributed by atoms with Crippen molar-refractivity contribution in [2.75, 3.05) is 12.5 Å². The second-order valence-corrected chi connectivity index (χ2v) is 6.37. The molecule has 1 N–H and O–H groups in total. The maximum Gasteiger partial charge on any atom is 0.460 e. The summed E-state index contributed by atoms with van der Waals surface area (Å²) in [5, 5.41) is 0.